The van der Waals surface area contributed by atoms with E-state index < -0.39 is 10.8 Å². The van der Waals surface area contributed by atoms with E-state index in [4.69, 9.17) is 16.3 Å². The first-order valence-corrected chi connectivity index (χ1v) is 11.5. The predicted molar refractivity (Wildman–Crippen MR) is 139 cm³/mol. The van der Waals surface area contributed by atoms with Gasteiger partial charge in [-0.25, -0.2) is 0 Å². The van der Waals surface area contributed by atoms with Crippen LogP contribution in [0.15, 0.2) is 66.7 Å². The number of fused-ring (bicyclic) bond motifs is 1. The number of nitro groups is 1. The first-order chi connectivity index (χ1) is 17.1. The van der Waals surface area contributed by atoms with Crippen LogP contribution in [-0.2, 0) is 6.42 Å². The van der Waals surface area contributed by atoms with E-state index >= 15 is 0 Å². The van der Waals surface area contributed by atoms with Crippen molar-refractivity contribution in [3.63, 3.8) is 0 Å². The lowest BCUT2D eigenvalue weighted by molar-refractivity contribution is -0.384. The lowest BCUT2D eigenvalue weighted by Gasteiger charge is -2.35. The van der Waals surface area contributed by atoms with E-state index in [1.807, 2.05) is 18.2 Å². The fourth-order valence-corrected chi connectivity index (χ4v) is 4.38. The number of ketones is 1. The zero-order valence-corrected chi connectivity index (χ0v) is 20.7. The number of halogens is 1. The number of rotatable bonds is 6. The molecule has 0 spiro atoms. The van der Waals surface area contributed by atoms with Crippen molar-refractivity contribution in [2.24, 2.45) is 0 Å². The number of nitrogens with one attached hydrogen (secondary N) is 2. The summed E-state index contributed by atoms with van der Waals surface area (Å²) in [6.45, 7) is 4.13. The number of carbonyl (C=O) groups is 2. The zero-order chi connectivity index (χ0) is 26.0. The Morgan fingerprint density at radius 3 is 2.61 bits per heavy atom. The molecule has 9 heteroatoms. The van der Waals surface area contributed by atoms with Crippen LogP contribution in [-0.4, -0.2) is 29.3 Å². The van der Waals surface area contributed by atoms with Crippen LogP contribution in [0.1, 0.15) is 45.7 Å². The molecule has 4 rings (SSSR count). The van der Waals surface area contributed by atoms with E-state index in [1.165, 1.54) is 12.1 Å². The van der Waals surface area contributed by atoms with Gasteiger partial charge in [-0.3, -0.25) is 19.7 Å². The van der Waals surface area contributed by atoms with Gasteiger partial charge in [0.25, 0.3) is 11.6 Å². The molecule has 0 unspecified atom stereocenters. The van der Waals surface area contributed by atoms with Gasteiger partial charge in [-0.15, -0.1) is 0 Å². The van der Waals surface area contributed by atoms with E-state index in [-0.39, 0.29) is 27.6 Å². The van der Waals surface area contributed by atoms with Gasteiger partial charge in [-0.05, 0) is 56.2 Å². The van der Waals surface area contributed by atoms with Crippen LogP contribution in [0.2, 0.25) is 5.02 Å². The molecule has 3 aromatic rings. The summed E-state index contributed by atoms with van der Waals surface area (Å²) < 4.78 is 5.36. The van der Waals surface area contributed by atoms with Gasteiger partial charge in [-0.1, -0.05) is 29.8 Å². The second-order valence-electron chi connectivity index (χ2n) is 9.09. The summed E-state index contributed by atoms with van der Waals surface area (Å²) in [7, 11) is 1.60. The van der Waals surface area contributed by atoms with Crippen molar-refractivity contribution in [1.29, 1.82) is 0 Å². The molecule has 0 saturated carbocycles. The first kappa shape index (κ1) is 24.9. The van der Waals surface area contributed by atoms with Crippen molar-refractivity contribution in [2.45, 2.75) is 25.8 Å². The number of hydrogen-bond acceptors (Lipinski definition) is 6. The maximum absolute atomic E-state index is 13.2. The molecule has 8 nitrogen and oxygen atoms in total. The van der Waals surface area contributed by atoms with Gasteiger partial charge in [0.05, 0.1) is 22.6 Å². The number of anilines is 1. The van der Waals surface area contributed by atoms with Crippen LogP contribution >= 0.6 is 11.6 Å². The van der Waals surface area contributed by atoms with Gasteiger partial charge in [-0.2, -0.15) is 0 Å². The van der Waals surface area contributed by atoms with E-state index in [2.05, 4.69) is 24.5 Å². The molecular formula is C27H24ClN3O5. The van der Waals surface area contributed by atoms with Crippen molar-refractivity contribution < 1.29 is 19.2 Å². The third-order valence-electron chi connectivity index (χ3n) is 5.80. The Labute approximate surface area is 213 Å². The molecule has 0 radical (unpaired) electrons. The number of benzene rings is 3. The van der Waals surface area contributed by atoms with Gasteiger partial charge in [0.2, 0.25) is 0 Å². The summed E-state index contributed by atoms with van der Waals surface area (Å²) in [5.41, 5.74) is 3.10. The summed E-state index contributed by atoms with van der Waals surface area (Å²) in [6, 6.07) is 16.0. The maximum atomic E-state index is 13.2. The Bertz CT molecular complexity index is 1410. The summed E-state index contributed by atoms with van der Waals surface area (Å²) in [5, 5.41) is 17.0. The van der Waals surface area contributed by atoms with Crippen molar-refractivity contribution >= 4 is 40.4 Å². The second kappa shape index (κ2) is 9.83. The minimum Gasteiger partial charge on any atom is -0.497 e. The third kappa shape index (κ3) is 5.39. The lowest BCUT2D eigenvalue weighted by atomic mass is 9.85. The molecule has 3 aromatic carbocycles. The first-order valence-electron chi connectivity index (χ1n) is 11.1. The molecule has 0 fully saturated rings. The molecule has 2 N–H and O–H groups in total. The number of methoxy groups -OCH3 is 1. The number of nitro benzene ring substituents is 1. The number of nitrogens with zero attached hydrogens (tertiary/aromatic N) is 1. The van der Waals surface area contributed by atoms with Gasteiger partial charge in [0, 0.05) is 46.3 Å². The van der Waals surface area contributed by atoms with Crippen molar-refractivity contribution in [3.05, 3.63) is 104 Å². The van der Waals surface area contributed by atoms with Crippen LogP contribution in [0.4, 0.5) is 11.4 Å². The molecule has 1 aliphatic rings. The van der Waals surface area contributed by atoms with E-state index in [1.54, 1.807) is 37.5 Å². The molecular weight excluding hydrogens is 482 g/mol. The van der Waals surface area contributed by atoms with Crippen LogP contribution in [0, 0.1) is 10.1 Å². The molecule has 36 heavy (non-hydrogen) atoms. The largest absolute Gasteiger partial charge is 0.497 e. The highest BCUT2D eigenvalue weighted by atomic mass is 35.5. The monoisotopic (exact) mass is 505 g/mol. The van der Waals surface area contributed by atoms with Gasteiger partial charge >= 0.3 is 0 Å². The highest BCUT2D eigenvalue weighted by Gasteiger charge is 2.28. The highest BCUT2D eigenvalue weighted by Crippen LogP contribution is 2.32. The summed E-state index contributed by atoms with van der Waals surface area (Å²) in [4.78, 5) is 36.2. The molecule has 0 bridgehead atoms. The SMILES string of the molecule is COc1ccc2c(c1)C(=CC(=O)c1cccc(NC(=O)c3ccc([N+](=O)[O-])cc3Cl)c1)NC(C)(C)C2. The minimum atomic E-state index is -0.589. The molecule has 0 aromatic heterocycles. The predicted octanol–water partition coefficient (Wildman–Crippen LogP) is 5.66. The normalized spacial score (nSPS) is 14.9. The summed E-state index contributed by atoms with van der Waals surface area (Å²) >= 11 is 6.07. The van der Waals surface area contributed by atoms with Gasteiger partial charge in [0.15, 0.2) is 5.78 Å². The average molecular weight is 506 g/mol. The average Bonchev–Trinajstić information content (AvgIpc) is 2.83. The Morgan fingerprint density at radius 1 is 1.14 bits per heavy atom. The zero-order valence-electron chi connectivity index (χ0n) is 19.9. The van der Waals surface area contributed by atoms with Gasteiger partial charge < -0.3 is 15.4 Å². The number of ether oxygens (including phenoxy) is 1. The third-order valence-corrected chi connectivity index (χ3v) is 6.11. The number of allylic oxidation sites excluding steroid dienone is 1. The Hall–Kier alpha value is -4.17. The topological polar surface area (TPSA) is 111 Å². The second-order valence-corrected chi connectivity index (χ2v) is 9.49. The van der Waals surface area contributed by atoms with Crippen molar-refractivity contribution in [1.82, 2.24) is 5.32 Å². The molecule has 0 aliphatic carbocycles. The van der Waals surface area contributed by atoms with E-state index in [9.17, 15) is 19.7 Å². The quantitative estimate of drug-likeness (QED) is 0.194. The highest BCUT2D eigenvalue weighted by molar-refractivity contribution is 6.34. The van der Waals surface area contributed by atoms with Gasteiger partial charge in [0.1, 0.15) is 5.75 Å². The fraction of sp³-hybridized carbons (Fsp3) is 0.185. The van der Waals surface area contributed by atoms with Crippen LogP contribution in [0.5, 0.6) is 5.75 Å². The summed E-state index contributed by atoms with van der Waals surface area (Å²) in [5.74, 6) is -0.0915. The van der Waals surface area contributed by atoms with Crippen LogP contribution in [0.3, 0.4) is 0 Å². The molecule has 1 heterocycles. The Kier molecular flexibility index (Phi) is 6.81. The Morgan fingerprint density at radius 2 is 1.92 bits per heavy atom. The fourth-order valence-electron chi connectivity index (χ4n) is 4.12. The molecule has 184 valence electrons. The van der Waals surface area contributed by atoms with Crippen LogP contribution < -0.4 is 15.4 Å². The molecule has 0 saturated heterocycles. The number of non-ortho nitro benzene ring substituents is 1. The van der Waals surface area contributed by atoms with E-state index in [0.717, 1.165) is 23.6 Å². The molecule has 0 atom stereocenters. The molecule has 1 amide bonds. The lowest BCUT2D eigenvalue weighted by Crippen LogP contribution is -2.43. The number of amides is 1. The number of carbonyl (C=O) groups excluding carboxylic acids is 2. The van der Waals surface area contributed by atoms with Crippen molar-refractivity contribution in [2.75, 3.05) is 12.4 Å². The van der Waals surface area contributed by atoms with Crippen molar-refractivity contribution in [3.8, 4) is 5.75 Å². The van der Waals surface area contributed by atoms with E-state index in [0.29, 0.717) is 22.7 Å². The maximum Gasteiger partial charge on any atom is 0.270 e. The number of hydrogen-bond donors (Lipinski definition) is 2. The molecule has 1 aliphatic heterocycles. The van der Waals surface area contributed by atoms with Crippen LogP contribution in [0.25, 0.3) is 5.70 Å². The Balaban J connectivity index is 1.59. The smallest absolute Gasteiger partial charge is 0.270 e. The summed E-state index contributed by atoms with van der Waals surface area (Å²) in [6.07, 6.45) is 2.35. The minimum absolute atomic E-state index is 0.0428. The standard InChI is InChI=1S/C27H24ClN3O5/c1-27(2)15-17-7-9-20(36-3)13-22(17)24(30-27)14-25(32)16-5-4-6-18(11-16)29-26(33)21-10-8-19(31(34)35)12-23(21)28/h4-14,30H,15H2,1-3H3,(H,29,33).